The number of halogens is 3. The van der Waals surface area contributed by atoms with E-state index < -0.39 is 0 Å². The molecule has 6 heteroatoms. The summed E-state index contributed by atoms with van der Waals surface area (Å²) < 4.78 is 20.0. The SMILES string of the molecule is Fc1ccc2nc(Cl)c(-c3nc4cc(Br)ccc4o3)cc2c1. The van der Waals surface area contributed by atoms with Crippen molar-refractivity contribution in [3.05, 3.63) is 57.9 Å². The Morgan fingerprint density at radius 3 is 2.73 bits per heavy atom. The Labute approximate surface area is 137 Å². The predicted molar refractivity (Wildman–Crippen MR) is 87.4 cm³/mol. The van der Waals surface area contributed by atoms with Crippen LogP contribution in [0.25, 0.3) is 33.5 Å². The summed E-state index contributed by atoms with van der Waals surface area (Å²) >= 11 is 9.61. The molecular weight excluding hydrogens is 371 g/mol. The molecule has 0 amide bonds. The van der Waals surface area contributed by atoms with Gasteiger partial charge in [0.2, 0.25) is 5.89 Å². The molecule has 0 spiro atoms. The van der Waals surface area contributed by atoms with Gasteiger partial charge in [0.05, 0.1) is 11.1 Å². The molecule has 0 unspecified atom stereocenters. The summed E-state index contributed by atoms with van der Waals surface area (Å²) in [4.78, 5) is 8.69. The number of oxazole rings is 1. The van der Waals surface area contributed by atoms with Crippen LogP contribution >= 0.6 is 27.5 Å². The molecule has 4 aromatic rings. The van der Waals surface area contributed by atoms with Gasteiger partial charge in [-0.2, -0.15) is 0 Å². The Morgan fingerprint density at radius 1 is 1.00 bits per heavy atom. The number of fused-ring (bicyclic) bond motifs is 2. The first kappa shape index (κ1) is 13.7. The first-order valence-electron chi connectivity index (χ1n) is 6.42. The molecule has 0 saturated heterocycles. The van der Waals surface area contributed by atoms with Crippen LogP contribution < -0.4 is 0 Å². The third-order valence-corrected chi connectivity index (χ3v) is 4.09. The molecule has 108 valence electrons. The molecule has 2 aromatic carbocycles. The first-order chi connectivity index (χ1) is 10.6. The van der Waals surface area contributed by atoms with E-state index in [0.29, 0.717) is 33.5 Å². The Kier molecular flexibility index (Phi) is 3.13. The predicted octanol–water partition coefficient (Wildman–Crippen LogP) is 5.60. The number of hydrogen-bond acceptors (Lipinski definition) is 3. The van der Waals surface area contributed by atoms with E-state index in [0.717, 1.165) is 4.47 Å². The van der Waals surface area contributed by atoms with Crippen molar-refractivity contribution in [1.82, 2.24) is 9.97 Å². The van der Waals surface area contributed by atoms with Gasteiger partial charge in [0.15, 0.2) is 5.58 Å². The van der Waals surface area contributed by atoms with E-state index in [-0.39, 0.29) is 11.0 Å². The molecule has 0 bridgehead atoms. The molecule has 2 heterocycles. The topological polar surface area (TPSA) is 38.9 Å². The van der Waals surface area contributed by atoms with E-state index in [2.05, 4.69) is 25.9 Å². The second kappa shape index (κ2) is 5.04. The molecule has 0 aliphatic rings. The fraction of sp³-hybridized carbons (Fsp3) is 0. The Balaban J connectivity index is 1.96. The van der Waals surface area contributed by atoms with Gasteiger partial charge in [-0.3, -0.25) is 0 Å². The highest BCUT2D eigenvalue weighted by atomic mass is 79.9. The largest absolute Gasteiger partial charge is 0.436 e. The average Bonchev–Trinajstić information content (AvgIpc) is 2.89. The minimum Gasteiger partial charge on any atom is -0.436 e. The lowest BCUT2D eigenvalue weighted by atomic mass is 10.1. The lowest BCUT2D eigenvalue weighted by Crippen LogP contribution is -1.87. The van der Waals surface area contributed by atoms with Crippen molar-refractivity contribution in [2.24, 2.45) is 0 Å². The van der Waals surface area contributed by atoms with Crippen LogP contribution in [0.3, 0.4) is 0 Å². The standard InChI is InChI=1S/C16H7BrClFN2O/c17-9-1-4-14-13(7-9)21-16(22-14)11-6-8-5-10(19)2-3-12(8)20-15(11)18/h1-7H. The number of pyridine rings is 1. The van der Waals surface area contributed by atoms with Gasteiger partial charge in [0.1, 0.15) is 16.5 Å². The van der Waals surface area contributed by atoms with Crippen LogP contribution in [0.5, 0.6) is 0 Å². The third kappa shape index (κ3) is 2.26. The fourth-order valence-corrected chi connectivity index (χ4v) is 2.87. The van der Waals surface area contributed by atoms with Gasteiger partial charge < -0.3 is 4.42 Å². The molecule has 0 aliphatic heterocycles. The van der Waals surface area contributed by atoms with Crippen LogP contribution in [-0.2, 0) is 0 Å². The van der Waals surface area contributed by atoms with Crippen molar-refractivity contribution in [2.45, 2.75) is 0 Å². The smallest absolute Gasteiger partial charge is 0.230 e. The monoisotopic (exact) mass is 376 g/mol. The summed E-state index contributed by atoms with van der Waals surface area (Å²) in [5, 5.41) is 0.910. The van der Waals surface area contributed by atoms with Crippen LogP contribution in [-0.4, -0.2) is 9.97 Å². The lowest BCUT2D eigenvalue weighted by Gasteiger charge is -2.02. The van der Waals surface area contributed by atoms with Gasteiger partial charge in [0, 0.05) is 9.86 Å². The molecule has 0 aliphatic carbocycles. The van der Waals surface area contributed by atoms with E-state index >= 15 is 0 Å². The molecule has 0 N–H and O–H groups in total. The van der Waals surface area contributed by atoms with Gasteiger partial charge in [-0.15, -0.1) is 0 Å². The maximum Gasteiger partial charge on any atom is 0.230 e. The zero-order valence-corrected chi connectivity index (χ0v) is 13.3. The normalized spacial score (nSPS) is 11.4. The van der Waals surface area contributed by atoms with E-state index in [4.69, 9.17) is 16.0 Å². The van der Waals surface area contributed by atoms with E-state index in [1.165, 1.54) is 12.1 Å². The van der Waals surface area contributed by atoms with Crippen LogP contribution in [0.1, 0.15) is 0 Å². The molecule has 4 rings (SSSR count). The molecule has 0 fully saturated rings. The zero-order valence-electron chi connectivity index (χ0n) is 11.0. The van der Waals surface area contributed by atoms with Crippen LogP contribution in [0.2, 0.25) is 5.15 Å². The van der Waals surface area contributed by atoms with E-state index in [1.807, 2.05) is 18.2 Å². The van der Waals surface area contributed by atoms with Crippen molar-refractivity contribution in [1.29, 1.82) is 0 Å². The Hall–Kier alpha value is -1.98. The van der Waals surface area contributed by atoms with Crippen LogP contribution in [0.4, 0.5) is 4.39 Å². The second-order valence-corrected chi connectivity index (χ2v) is 6.07. The molecule has 2 aromatic heterocycles. The van der Waals surface area contributed by atoms with Gasteiger partial charge in [-0.1, -0.05) is 27.5 Å². The highest BCUT2D eigenvalue weighted by molar-refractivity contribution is 9.10. The van der Waals surface area contributed by atoms with Crippen LogP contribution in [0, 0.1) is 5.82 Å². The minimum atomic E-state index is -0.330. The summed E-state index contributed by atoms with van der Waals surface area (Å²) in [6.07, 6.45) is 0. The Morgan fingerprint density at radius 2 is 1.86 bits per heavy atom. The Bertz CT molecular complexity index is 1030. The maximum atomic E-state index is 13.4. The maximum absolute atomic E-state index is 13.4. The molecule has 0 atom stereocenters. The number of nitrogens with zero attached hydrogens (tertiary/aromatic N) is 2. The zero-order chi connectivity index (χ0) is 15.3. The van der Waals surface area contributed by atoms with Crippen molar-refractivity contribution in [2.75, 3.05) is 0 Å². The molecule has 22 heavy (non-hydrogen) atoms. The summed E-state index contributed by atoms with van der Waals surface area (Å²) in [5.41, 5.74) is 2.51. The van der Waals surface area contributed by atoms with E-state index in [9.17, 15) is 4.39 Å². The number of hydrogen-bond donors (Lipinski definition) is 0. The highest BCUT2D eigenvalue weighted by Gasteiger charge is 2.14. The molecule has 0 saturated carbocycles. The lowest BCUT2D eigenvalue weighted by molar-refractivity contribution is 0.619. The minimum absolute atomic E-state index is 0.268. The summed E-state index contributed by atoms with van der Waals surface area (Å²) in [7, 11) is 0. The summed E-state index contributed by atoms with van der Waals surface area (Å²) in [5.74, 6) is 0.0285. The molecular formula is C16H7BrClFN2O. The number of benzene rings is 2. The highest BCUT2D eigenvalue weighted by Crippen LogP contribution is 2.32. The van der Waals surface area contributed by atoms with Crippen LogP contribution in [0.15, 0.2) is 51.4 Å². The van der Waals surface area contributed by atoms with E-state index in [1.54, 1.807) is 12.1 Å². The van der Waals surface area contributed by atoms with Crippen molar-refractivity contribution >= 4 is 49.5 Å². The average molecular weight is 378 g/mol. The summed E-state index contributed by atoms with van der Waals surface area (Å²) in [6.45, 7) is 0. The van der Waals surface area contributed by atoms with Gasteiger partial charge in [-0.05, 0) is 42.5 Å². The van der Waals surface area contributed by atoms with Gasteiger partial charge in [0.25, 0.3) is 0 Å². The summed E-state index contributed by atoms with van der Waals surface area (Å²) in [6, 6.07) is 11.6. The fourth-order valence-electron chi connectivity index (χ4n) is 2.29. The number of aromatic nitrogens is 2. The third-order valence-electron chi connectivity index (χ3n) is 3.31. The quantitative estimate of drug-likeness (QED) is 0.405. The van der Waals surface area contributed by atoms with Crippen molar-refractivity contribution in [3.8, 4) is 11.5 Å². The first-order valence-corrected chi connectivity index (χ1v) is 7.59. The van der Waals surface area contributed by atoms with Crippen molar-refractivity contribution < 1.29 is 8.81 Å². The molecule has 3 nitrogen and oxygen atoms in total. The number of rotatable bonds is 1. The van der Waals surface area contributed by atoms with Crippen molar-refractivity contribution in [3.63, 3.8) is 0 Å². The second-order valence-electron chi connectivity index (χ2n) is 4.79. The molecule has 0 radical (unpaired) electrons. The van der Waals surface area contributed by atoms with Gasteiger partial charge in [-0.25, -0.2) is 14.4 Å². The van der Waals surface area contributed by atoms with Gasteiger partial charge >= 0.3 is 0 Å².